The fourth-order valence-corrected chi connectivity index (χ4v) is 2.62. The van der Waals surface area contributed by atoms with Crippen molar-refractivity contribution in [3.8, 4) is 0 Å². The molecule has 0 unspecified atom stereocenters. The van der Waals surface area contributed by atoms with E-state index in [1.165, 1.54) is 0 Å². The van der Waals surface area contributed by atoms with Gasteiger partial charge in [-0.25, -0.2) is 0 Å². The second-order valence-electron chi connectivity index (χ2n) is 12.2. The van der Waals surface area contributed by atoms with Crippen LogP contribution in [0, 0.1) is 5.41 Å². The lowest BCUT2D eigenvalue weighted by atomic mass is 9.78. The van der Waals surface area contributed by atoms with Gasteiger partial charge in [0.2, 0.25) is 0 Å². The van der Waals surface area contributed by atoms with Gasteiger partial charge >= 0.3 is 17.9 Å². The number of hydrogen-bond acceptors (Lipinski definition) is 8. The van der Waals surface area contributed by atoms with Crippen molar-refractivity contribution < 1.29 is 38.4 Å². The maximum atomic E-state index is 13.7. The summed E-state index contributed by atoms with van der Waals surface area (Å²) in [7, 11) is 0. The third-order valence-corrected chi connectivity index (χ3v) is 5.31. The SMILES string of the molecule is C=C(CC(CCC(=O)OC(C)(C)C)(C(=O)OC(C)(C)CC)C(=O)OC(C)(C)CC)OOC(C)(C)C. The topological polar surface area (TPSA) is 97.4 Å². The van der Waals surface area contributed by atoms with Gasteiger partial charge in [0.05, 0.1) is 0 Å². The van der Waals surface area contributed by atoms with Crippen LogP contribution in [0.15, 0.2) is 12.3 Å². The van der Waals surface area contributed by atoms with Crippen molar-refractivity contribution in [1.29, 1.82) is 0 Å². The number of ether oxygens (including phenoxy) is 3. The molecule has 0 fully saturated rings. The summed E-state index contributed by atoms with van der Waals surface area (Å²) in [5.41, 5.74) is -4.97. The van der Waals surface area contributed by atoms with Crippen LogP contribution in [0.4, 0.5) is 0 Å². The van der Waals surface area contributed by atoms with Crippen LogP contribution in [-0.4, -0.2) is 40.3 Å². The van der Waals surface area contributed by atoms with Gasteiger partial charge in [-0.1, -0.05) is 20.4 Å². The third kappa shape index (κ3) is 12.4. The summed E-state index contributed by atoms with van der Waals surface area (Å²) in [5.74, 6) is -2.15. The lowest BCUT2D eigenvalue weighted by Gasteiger charge is -2.36. The first-order valence-electron chi connectivity index (χ1n) is 12.3. The van der Waals surface area contributed by atoms with Crippen molar-refractivity contribution in [2.75, 3.05) is 0 Å². The van der Waals surface area contributed by atoms with Gasteiger partial charge in [-0.05, 0) is 88.5 Å². The molecule has 0 saturated heterocycles. The molecular weight excluding hydrogens is 452 g/mol. The third-order valence-electron chi connectivity index (χ3n) is 5.31. The summed E-state index contributed by atoms with van der Waals surface area (Å²) >= 11 is 0. The summed E-state index contributed by atoms with van der Waals surface area (Å²) in [6, 6.07) is 0. The second-order valence-corrected chi connectivity index (χ2v) is 12.2. The molecule has 0 aliphatic rings. The van der Waals surface area contributed by atoms with E-state index >= 15 is 0 Å². The van der Waals surface area contributed by atoms with Crippen molar-refractivity contribution in [2.24, 2.45) is 5.41 Å². The highest BCUT2D eigenvalue weighted by Gasteiger charge is 2.52. The standard InChI is InChI=1S/C27H48O8/c1-14-25(10,11)32-21(29)27(22(30)33-26(12,13)15-2,17-16-20(28)31-23(4,5)6)18-19(3)34-35-24(7,8)9/h3,14-18H2,1-2,4-13H3. The van der Waals surface area contributed by atoms with E-state index in [0.717, 1.165) is 0 Å². The van der Waals surface area contributed by atoms with E-state index in [1.54, 1.807) is 69.2 Å². The first kappa shape index (κ1) is 32.9. The van der Waals surface area contributed by atoms with E-state index < -0.39 is 45.7 Å². The molecule has 0 aliphatic heterocycles. The summed E-state index contributed by atoms with van der Waals surface area (Å²) in [6.45, 7) is 25.2. The molecule has 0 aromatic carbocycles. The monoisotopic (exact) mass is 500 g/mol. The quantitative estimate of drug-likeness (QED) is 0.0735. The Morgan fingerprint density at radius 1 is 0.686 bits per heavy atom. The maximum Gasteiger partial charge on any atom is 0.324 e. The minimum atomic E-state index is -1.89. The highest BCUT2D eigenvalue weighted by Crippen LogP contribution is 2.39. The highest BCUT2D eigenvalue weighted by molar-refractivity contribution is 6.01. The lowest BCUT2D eigenvalue weighted by molar-refractivity contribution is -0.323. The molecule has 0 rings (SSSR count). The molecule has 0 saturated carbocycles. The normalized spacial score (nSPS) is 13.1. The van der Waals surface area contributed by atoms with Crippen LogP contribution in [0.2, 0.25) is 0 Å². The van der Waals surface area contributed by atoms with Crippen LogP contribution in [0.25, 0.3) is 0 Å². The van der Waals surface area contributed by atoms with Crippen LogP contribution in [0.3, 0.4) is 0 Å². The Bertz CT molecular complexity index is 720. The van der Waals surface area contributed by atoms with Crippen LogP contribution in [0.1, 0.15) is 115 Å². The molecule has 0 aliphatic carbocycles. The zero-order valence-corrected chi connectivity index (χ0v) is 24.0. The number of carbonyl (C=O) groups is 3. The summed E-state index contributed by atoms with van der Waals surface area (Å²) in [4.78, 5) is 50.6. The summed E-state index contributed by atoms with van der Waals surface area (Å²) in [6.07, 6.45) is 0.316. The smallest absolute Gasteiger partial charge is 0.324 e. The van der Waals surface area contributed by atoms with E-state index in [0.29, 0.717) is 12.8 Å². The van der Waals surface area contributed by atoms with E-state index in [9.17, 15) is 14.4 Å². The molecule has 204 valence electrons. The van der Waals surface area contributed by atoms with Gasteiger partial charge in [0.1, 0.15) is 28.2 Å². The number of esters is 3. The maximum absolute atomic E-state index is 13.7. The molecule has 0 bridgehead atoms. The van der Waals surface area contributed by atoms with Gasteiger partial charge < -0.3 is 19.1 Å². The largest absolute Gasteiger partial charge is 0.460 e. The first-order valence-corrected chi connectivity index (χ1v) is 12.3. The van der Waals surface area contributed by atoms with Gasteiger partial charge in [-0.15, -0.1) is 0 Å². The predicted molar refractivity (Wildman–Crippen MR) is 134 cm³/mol. The Balaban J connectivity index is 6.39. The van der Waals surface area contributed by atoms with Crippen molar-refractivity contribution in [3.05, 3.63) is 12.3 Å². The van der Waals surface area contributed by atoms with Crippen molar-refractivity contribution in [3.63, 3.8) is 0 Å². The zero-order valence-electron chi connectivity index (χ0n) is 24.0. The van der Waals surface area contributed by atoms with E-state index in [4.69, 9.17) is 24.0 Å². The molecule has 35 heavy (non-hydrogen) atoms. The van der Waals surface area contributed by atoms with Crippen LogP contribution in [0.5, 0.6) is 0 Å². The molecule has 0 aromatic rings. The van der Waals surface area contributed by atoms with E-state index in [-0.39, 0.29) is 25.0 Å². The van der Waals surface area contributed by atoms with Crippen molar-refractivity contribution >= 4 is 17.9 Å². The minimum Gasteiger partial charge on any atom is -0.460 e. The summed E-state index contributed by atoms with van der Waals surface area (Å²) < 4.78 is 17.0. The highest BCUT2D eigenvalue weighted by atomic mass is 17.2. The predicted octanol–water partition coefficient (Wildman–Crippen LogP) is 6.21. The van der Waals surface area contributed by atoms with E-state index in [1.807, 2.05) is 13.8 Å². The molecule has 0 aromatic heterocycles. The number of allylic oxidation sites excluding steroid dienone is 1. The van der Waals surface area contributed by atoms with Crippen molar-refractivity contribution in [1.82, 2.24) is 0 Å². The van der Waals surface area contributed by atoms with Gasteiger partial charge in [0.25, 0.3) is 0 Å². The Kier molecular flexibility index (Phi) is 11.5. The number of rotatable bonds is 13. The molecule has 0 amide bonds. The number of hydrogen-bond donors (Lipinski definition) is 0. The van der Waals surface area contributed by atoms with Gasteiger partial charge in [-0.2, -0.15) is 4.89 Å². The lowest BCUT2D eigenvalue weighted by Crippen LogP contribution is -2.48. The van der Waals surface area contributed by atoms with Crippen LogP contribution < -0.4 is 0 Å². The molecule has 0 heterocycles. The number of carbonyl (C=O) groups excluding carboxylic acids is 3. The summed E-state index contributed by atoms with van der Waals surface area (Å²) in [5, 5.41) is 0. The molecule has 0 spiro atoms. The fourth-order valence-electron chi connectivity index (χ4n) is 2.62. The van der Waals surface area contributed by atoms with Crippen molar-refractivity contribution in [2.45, 2.75) is 138 Å². The zero-order chi connectivity index (χ0) is 27.9. The molecule has 0 radical (unpaired) electrons. The molecule has 0 N–H and O–H groups in total. The average Bonchev–Trinajstić information content (AvgIpc) is 2.66. The Hall–Kier alpha value is -2.09. The van der Waals surface area contributed by atoms with Crippen LogP contribution in [-0.2, 0) is 38.4 Å². The Labute approximate surface area is 212 Å². The first-order chi connectivity index (χ1) is 15.6. The minimum absolute atomic E-state index is 0.0293. The Morgan fingerprint density at radius 3 is 1.46 bits per heavy atom. The fraction of sp³-hybridized carbons (Fsp3) is 0.815. The molecule has 0 atom stereocenters. The molecular formula is C27H48O8. The second kappa shape index (κ2) is 12.2. The van der Waals surface area contributed by atoms with Gasteiger partial charge in [0, 0.05) is 12.8 Å². The van der Waals surface area contributed by atoms with Gasteiger partial charge in [0.15, 0.2) is 5.41 Å². The van der Waals surface area contributed by atoms with Gasteiger partial charge in [-0.3, -0.25) is 14.4 Å². The average molecular weight is 501 g/mol. The molecule has 8 nitrogen and oxygen atoms in total. The Morgan fingerprint density at radius 2 is 1.11 bits per heavy atom. The van der Waals surface area contributed by atoms with E-state index in [2.05, 4.69) is 6.58 Å². The molecule has 8 heteroatoms. The van der Waals surface area contributed by atoms with Crippen LogP contribution >= 0.6 is 0 Å².